The third-order valence-electron chi connectivity index (χ3n) is 4.61. The van der Waals surface area contributed by atoms with Gasteiger partial charge < -0.3 is 10.1 Å². The molecule has 0 saturated carbocycles. The fourth-order valence-corrected chi connectivity index (χ4v) is 5.28. The average molecular weight is 303 g/mol. The van der Waals surface area contributed by atoms with E-state index in [-0.39, 0.29) is 0 Å². The molecule has 1 N–H and O–H groups in total. The number of rotatable bonds is 7. The normalized spacial score (nSPS) is 30.9. The van der Waals surface area contributed by atoms with E-state index in [0.29, 0.717) is 35.5 Å². The molecular formula is C15H29NO3S. The first-order chi connectivity index (χ1) is 9.46. The summed E-state index contributed by atoms with van der Waals surface area (Å²) in [5.41, 5.74) is 0. The standard InChI is InChI=1S/C15H29NO3S/c1-12(2)16-10-13(5-6-15-4-3-8-19-15)14-7-9-20(17,18)11-14/h12-16H,3-11H2,1-2H3. The Balaban J connectivity index is 1.86. The van der Waals surface area contributed by atoms with Crippen molar-refractivity contribution in [3.8, 4) is 0 Å². The number of ether oxygens (including phenoxy) is 1. The van der Waals surface area contributed by atoms with Crippen LogP contribution in [0.5, 0.6) is 0 Å². The lowest BCUT2D eigenvalue weighted by molar-refractivity contribution is 0.0949. The Bertz CT molecular complexity index is 388. The molecule has 20 heavy (non-hydrogen) atoms. The third kappa shape index (κ3) is 5.01. The minimum atomic E-state index is -2.78. The number of nitrogens with one attached hydrogen (secondary N) is 1. The van der Waals surface area contributed by atoms with Crippen molar-refractivity contribution in [2.75, 3.05) is 24.7 Å². The van der Waals surface area contributed by atoms with E-state index in [1.807, 2.05) is 0 Å². The second kappa shape index (κ2) is 7.23. The first-order valence-electron chi connectivity index (χ1n) is 8.01. The fraction of sp³-hybridized carbons (Fsp3) is 1.00. The Labute approximate surface area is 123 Å². The monoisotopic (exact) mass is 303 g/mol. The zero-order chi connectivity index (χ0) is 14.6. The van der Waals surface area contributed by atoms with Crippen molar-refractivity contribution >= 4 is 9.84 Å². The van der Waals surface area contributed by atoms with Gasteiger partial charge in [-0.25, -0.2) is 8.42 Å². The summed E-state index contributed by atoms with van der Waals surface area (Å²) in [6.07, 6.45) is 5.78. The van der Waals surface area contributed by atoms with Crippen LogP contribution in [0.1, 0.15) is 46.0 Å². The molecule has 2 fully saturated rings. The molecule has 0 aromatic rings. The van der Waals surface area contributed by atoms with E-state index in [4.69, 9.17) is 4.74 Å². The molecule has 0 aliphatic carbocycles. The fourth-order valence-electron chi connectivity index (χ4n) is 3.36. The van der Waals surface area contributed by atoms with Gasteiger partial charge in [-0.1, -0.05) is 13.8 Å². The highest BCUT2D eigenvalue weighted by atomic mass is 32.2. The van der Waals surface area contributed by atoms with Gasteiger partial charge in [0.15, 0.2) is 9.84 Å². The Morgan fingerprint density at radius 3 is 2.65 bits per heavy atom. The molecule has 0 amide bonds. The number of sulfone groups is 1. The van der Waals surface area contributed by atoms with Gasteiger partial charge in [0.2, 0.25) is 0 Å². The molecule has 0 radical (unpaired) electrons. The lowest BCUT2D eigenvalue weighted by Gasteiger charge is -2.25. The van der Waals surface area contributed by atoms with E-state index in [1.165, 1.54) is 12.8 Å². The van der Waals surface area contributed by atoms with Crippen molar-refractivity contribution in [1.29, 1.82) is 0 Å². The first kappa shape index (κ1) is 16.2. The van der Waals surface area contributed by atoms with Gasteiger partial charge >= 0.3 is 0 Å². The average Bonchev–Trinajstić information content (AvgIpc) is 2.98. The number of hydrogen-bond acceptors (Lipinski definition) is 4. The van der Waals surface area contributed by atoms with Crippen molar-refractivity contribution in [3.63, 3.8) is 0 Å². The summed E-state index contributed by atoms with van der Waals surface area (Å²) in [7, 11) is -2.78. The molecule has 118 valence electrons. The van der Waals surface area contributed by atoms with Crippen LogP contribution in [0.2, 0.25) is 0 Å². The molecule has 4 nitrogen and oxygen atoms in total. The Morgan fingerprint density at radius 2 is 2.10 bits per heavy atom. The molecule has 2 saturated heterocycles. The van der Waals surface area contributed by atoms with E-state index >= 15 is 0 Å². The van der Waals surface area contributed by atoms with Crippen molar-refractivity contribution in [2.24, 2.45) is 11.8 Å². The van der Waals surface area contributed by atoms with E-state index in [9.17, 15) is 8.42 Å². The Kier molecular flexibility index (Phi) is 5.87. The molecule has 0 bridgehead atoms. The Morgan fingerprint density at radius 1 is 1.30 bits per heavy atom. The van der Waals surface area contributed by atoms with Gasteiger partial charge in [0.05, 0.1) is 17.6 Å². The molecule has 0 aromatic heterocycles. The van der Waals surface area contributed by atoms with Crippen LogP contribution < -0.4 is 5.32 Å². The lowest BCUT2D eigenvalue weighted by atomic mass is 9.86. The summed E-state index contributed by atoms with van der Waals surface area (Å²) >= 11 is 0. The zero-order valence-corrected chi connectivity index (χ0v) is 13.6. The lowest BCUT2D eigenvalue weighted by Crippen LogP contribution is -2.33. The molecule has 3 unspecified atom stereocenters. The summed E-state index contributed by atoms with van der Waals surface area (Å²) < 4.78 is 29.1. The highest BCUT2D eigenvalue weighted by molar-refractivity contribution is 7.91. The van der Waals surface area contributed by atoms with Gasteiger partial charge in [-0.15, -0.1) is 0 Å². The topological polar surface area (TPSA) is 55.4 Å². The van der Waals surface area contributed by atoms with Crippen LogP contribution in [-0.4, -0.2) is 45.2 Å². The molecule has 2 aliphatic rings. The van der Waals surface area contributed by atoms with E-state index in [1.54, 1.807) is 0 Å². The zero-order valence-electron chi connectivity index (χ0n) is 12.8. The highest BCUT2D eigenvalue weighted by Crippen LogP contribution is 2.30. The van der Waals surface area contributed by atoms with Crippen LogP contribution in [0.3, 0.4) is 0 Å². The van der Waals surface area contributed by atoms with Crippen LogP contribution in [-0.2, 0) is 14.6 Å². The van der Waals surface area contributed by atoms with Crippen LogP contribution in [0, 0.1) is 11.8 Å². The maximum absolute atomic E-state index is 11.7. The third-order valence-corrected chi connectivity index (χ3v) is 6.40. The smallest absolute Gasteiger partial charge is 0.150 e. The number of hydrogen-bond donors (Lipinski definition) is 1. The summed E-state index contributed by atoms with van der Waals surface area (Å²) in [5, 5.41) is 3.49. The van der Waals surface area contributed by atoms with Gasteiger partial charge in [-0.3, -0.25) is 0 Å². The molecule has 2 aliphatic heterocycles. The minimum absolute atomic E-state index is 0.340. The molecule has 0 aromatic carbocycles. The highest BCUT2D eigenvalue weighted by Gasteiger charge is 2.33. The molecule has 2 heterocycles. The van der Waals surface area contributed by atoms with Crippen LogP contribution in [0.25, 0.3) is 0 Å². The van der Waals surface area contributed by atoms with Crippen molar-refractivity contribution in [1.82, 2.24) is 5.32 Å². The quantitative estimate of drug-likeness (QED) is 0.781. The first-order valence-corrected chi connectivity index (χ1v) is 9.84. The summed E-state index contributed by atoms with van der Waals surface area (Å²) in [6.45, 7) is 6.12. The Hall–Kier alpha value is -0.130. The predicted octanol–water partition coefficient (Wildman–Crippen LogP) is 1.99. The summed E-state index contributed by atoms with van der Waals surface area (Å²) in [4.78, 5) is 0. The van der Waals surface area contributed by atoms with Gasteiger partial charge in [-0.05, 0) is 50.5 Å². The molecule has 0 spiro atoms. The van der Waals surface area contributed by atoms with Crippen LogP contribution in [0.15, 0.2) is 0 Å². The maximum atomic E-state index is 11.7. The maximum Gasteiger partial charge on any atom is 0.150 e. The van der Waals surface area contributed by atoms with Crippen molar-refractivity contribution in [2.45, 2.75) is 58.1 Å². The second-order valence-electron chi connectivity index (χ2n) is 6.70. The second-order valence-corrected chi connectivity index (χ2v) is 8.93. The molecule has 3 atom stereocenters. The molecular weight excluding hydrogens is 274 g/mol. The molecule has 2 rings (SSSR count). The van der Waals surface area contributed by atoms with Gasteiger partial charge in [-0.2, -0.15) is 0 Å². The van der Waals surface area contributed by atoms with Gasteiger partial charge in [0.25, 0.3) is 0 Å². The van der Waals surface area contributed by atoms with E-state index < -0.39 is 9.84 Å². The SMILES string of the molecule is CC(C)NCC(CCC1CCCO1)C1CCS(=O)(=O)C1. The van der Waals surface area contributed by atoms with Crippen molar-refractivity contribution in [3.05, 3.63) is 0 Å². The van der Waals surface area contributed by atoms with E-state index in [2.05, 4.69) is 19.2 Å². The largest absolute Gasteiger partial charge is 0.378 e. The van der Waals surface area contributed by atoms with E-state index in [0.717, 1.165) is 32.4 Å². The van der Waals surface area contributed by atoms with Gasteiger partial charge in [0, 0.05) is 12.6 Å². The van der Waals surface area contributed by atoms with Crippen molar-refractivity contribution < 1.29 is 13.2 Å². The predicted molar refractivity (Wildman–Crippen MR) is 81.6 cm³/mol. The molecule has 5 heteroatoms. The van der Waals surface area contributed by atoms with Gasteiger partial charge in [0.1, 0.15) is 0 Å². The van der Waals surface area contributed by atoms with Crippen LogP contribution >= 0.6 is 0 Å². The summed E-state index contributed by atoms with van der Waals surface area (Å²) in [5.74, 6) is 1.59. The minimum Gasteiger partial charge on any atom is -0.378 e. The summed E-state index contributed by atoms with van der Waals surface area (Å²) in [6, 6.07) is 0.457. The van der Waals surface area contributed by atoms with Crippen LogP contribution in [0.4, 0.5) is 0 Å².